The van der Waals surface area contributed by atoms with Crippen molar-refractivity contribution in [1.82, 2.24) is 0 Å². The number of benzene rings is 2. The normalized spacial score (nSPS) is 14.7. The number of primary amides is 1. The van der Waals surface area contributed by atoms with Crippen LogP contribution < -0.4 is 11.1 Å². The zero-order valence-corrected chi connectivity index (χ0v) is 13.2. The van der Waals surface area contributed by atoms with Gasteiger partial charge in [0.05, 0.1) is 4.92 Å². The quantitative estimate of drug-likeness (QED) is 0.377. The lowest BCUT2D eigenvalue weighted by atomic mass is 10.1. The molecule has 0 saturated carbocycles. The number of aliphatic imine (C=N–C) groups is 1. The highest BCUT2D eigenvalue weighted by Crippen LogP contribution is 2.22. The molecule has 2 aromatic carbocycles. The second-order valence-corrected chi connectivity index (χ2v) is 5.25. The van der Waals surface area contributed by atoms with Gasteiger partial charge in [-0.25, -0.2) is 14.6 Å². The molecule has 0 aromatic heterocycles. The number of carbonyl (C=O) groups excluding carboxylic acids is 2. The molecule has 9 nitrogen and oxygen atoms in total. The van der Waals surface area contributed by atoms with E-state index < -0.39 is 16.9 Å². The van der Waals surface area contributed by atoms with Gasteiger partial charge in [-0.2, -0.15) is 0 Å². The number of cyclic esters (lactones) is 1. The van der Waals surface area contributed by atoms with Gasteiger partial charge in [-0.3, -0.25) is 10.1 Å². The topological polar surface area (TPSA) is 137 Å². The third-order valence-corrected chi connectivity index (χ3v) is 3.40. The van der Waals surface area contributed by atoms with Crippen molar-refractivity contribution in [2.75, 3.05) is 5.32 Å². The maximum atomic E-state index is 12.0. The summed E-state index contributed by atoms with van der Waals surface area (Å²) in [5.74, 6) is -0.567. The highest BCUT2D eigenvalue weighted by atomic mass is 16.6. The summed E-state index contributed by atoms with van der Waals surface area (Å²) in [4.78, 5) is 37.2. The Balaban J connectivity index is 1.86. The Bertz CT molecular complexity index is 963. The lowest BCUT2D eigenvalue weighted by Crippen LogP contribution is -2.19. The first kappa shape index (κ1) is 16.8. The van der Waals surface area contributed by atoms with Crippen LogP contribution in [0, 0.1) is 10.1 Å². The maximum absolute atomic E-state index is 12.0. The van der Waals surface area contributed by atoms with Gasteiger partial charge in [-0.05, 0) is 35.9 Å². The van der Waals surface area contributed by atoms with Crippen LogP contribution in [0.5, 0.6) is 0 Å². The van der Waals surface area contributed by atoms with Gasteiger partial charge in [0, 0.05) is 23.4 Å². The molecule has 1 heterocycles. The molecule has 1 aliphatic rings. The Morgan fingerprint density at radius 1 is 1.23 bits per heavy atom. The van der Waals surface area contributed by atoms with Gasteiger partial charge in [0.1, 0.15) is 0 Å². The summed E-state index contributed by atoms with van der Waals surface area (Å²) in [7, 11) is 0. The van der Waals surface area contributed by atoms with Crippen LogP contribution in [0.25, 0.3) is 6.08 Å². The van der Waals surface area contributed by atoms with E-state index in [1.54, 1.807) is 30.3 Å². The first-order valence-electron chi connectivity index (χ1n) is 7.36. The number of nitrogens with two attached hydrogens (primary N) is 1. The zero-order valence-electron chi connectivity index (χ0n) is 13.2. The molecule has 0 aliphatic carbocycles. The molecule has 1 aliphatic heterocycles. The lowest BCUT2D eigenvalue weighted by Gasteiger charge is -2.03. The lowest BCUT2D eigenvalue weighted by molar-refractivity contribution is -0.384. The molecule has 0 atom stereocenters. The van der Waals surface area contributed by atoms with Gasteiger partial charge in [-0.1, -0.05) is 12.1 Å². The number of nitro benzene ring substituents is 1. The average molecular weight is 352 g/mol. The minimum atomic E-state index is -0.690. The first-order valence-corrected chi connectivity index (χ1v) is 7.36. The molecule has 2 amide bonds. The molecule has 2 aromatic rings. The monoisotopic (exact) mass is 352 g/mol. The third-order valence-electron chi connectivity index (χ3n) is 3.40. The van der Waals surface area contributed by atoms with Crippen LogP contribution in [-0.4, -0.2) is 22.8 Å². The molecule has 0 unspecified atom stereocenters. The van der Waals surface area contributed by atoms with E-state index >= 15 is 0 Å². The fourth-order valence-corrected chi connectivity index (χ4v) is 2.26. The molecule has 26 heavy (non-hydrogen) atoms. The number of carbonyl (C=O) groups is 2. The molecular formula is C17H12N4O5. The summed E-state index contributed by atoms with van der Waals surface area (Å²) in [5, 5.41) is 13.2. The van der Waals surface area contributed by atoms with Crippen molar-refractivity contribution in [2.24, 2.45) is 10.7 Å². The number of nitrogens with zero attached hydrogens (tertiary/aromatic N) is 2. The SMILES string of the molecule is NC(=O)Nc1ccc(C2=N/C(=C/c3cccc([N+](=O)[O-])c3)C(=O)O2)cc1. The van der Waals surface area contributed by atoms with E-state index in [9.17, 15) is 19.7 Å². The summed E-state index contributed by atoms with van der Waals surface area (Å²) in [6.07, 6.45) is 1.41. The number of nitro groups is 1. The predicted molar refractivity (Wildman–Crippen MR) is 93.4 cm³/mol. The first-order chi connectivity index (χ1) is 12.4. The highest BCUT2D eigenvalue weighted by Gasteiger charge is 2.24. The average Bonchev–Trinajstić information content (AvgIpc) is 2.96. The number of anilines is 1. The molecule has 0 saturated heterocycles. The van der Waals surface area contributed by atoms with Gasteiger partial charge in [0.2, 0.25) is 5.90 Å². The summed E-state index contributed by atoms with van der Waals surface area (Å²) >= 11 is 0. The van der Waals surface area contributed by atoms with Crippen molar-refractivity contribution in [3.63, 3.8) is 0 Å². The van der Waals surface area contributed by atoms with E-state index in [1.807, 2.05) is 0 Å². The number of esters is 1. The van der Waals surface area contributed by atoms with Crippen molar-refractivity contribution in [2.45, 2.75) is 0 Å². The molecule has 0 spiro atoms. The summed E-state index contributed by atoms with van der Waals surface area (Å²) in [6, 6.07) is 11.5. The minimum Gasteiger partial charge on any atom is -0.402 e. The Morgan fingerprint density at radius 2 is 1.96 bits per heavy atom. The van der Waals surface area contributed by atoms with Crippen molar-refractivity contribution in [1.29, 1.82) is 0 Å². The number of hydrogen-bond donors (Lipinski definition) is 2. The second kappa shape index (κ2) is 6.85. The number of amides is 2. The molecule has 3 N–H and O–H groups in total. The van der Waals surface area contributed by atoms with E-state index in [-0.39, 0.29) is 17.3 Å². The molecule has 0 radical (unpaired) electrons. The van der Waals surface area contributed by atoms with Gasteiger partial charge in [-0.15, -0.1) is 0 Å². The van der Waals surface area contributed by atoms with Gasteiger partial charge in [0.15, 0.2) is 5.70 Å². The number of non-ortho nitro benzene ring substituents is 1. The van der Waals surface area contributed by atoms with Crippen LogP contribution >= 0.6 is 0 Å². The van der Waals surface area contributed by atoms with Gasteiger partial charge < -0.3 is 15.8 Å². The predicted octanol–water partition coefficient (Wildman–Crippen LogP) is 2.43. The molecular weight excluding hydrogens is 340 g/mol. The minimum absolute atomic E-state index is 0.0276. The fraction of sp³-hybridized carbons (Fsp3) is 0. The van der Waals surface area contributed by atoms with Crippen LogP contribution in [0.2, 0.25) is 0 Å². The number of ether oxygens (including phenoxy) is 1. The van der Waals surface area contributed by atoms with Crippen molar-refractivity contribution >= 4 is 35.3 Å². The summed E-state index contributed by atoms with van der Waals surface area (Å²) in [6.45, 7) is 0. The van der Waals surface area contributed by atoms with E-state index in [0.29, 0.717) is 16.8 Å². The van der Waals surface area contributed by atoms with Crippen LogP contribution in [0.1, 0.15) is 11.1 Å². The summed E-state index contributed by atoms with van der Waals surface area (Å²) in [5.41, 5.74) is 6.43. The Labute approximate surface area is 146 Å². The zero-order chi connectivity index (χ0) is 18.7. The fourth-order valence-electron chi connectivity index (χ4n) is 2.26. The van der Waals surface area contributed by atoms with E-state index in [0.717, 1.165) is 0 Å². The van der Waals surface area contributed by atoms with Crippen LogP contribution in [0.3, 0.4) is 0 Å². The van der Waals surface area contributed by atoms with Crippen LogP contribution in [0.4, 0.5) is 16.2 Å². The van der Waals surface area contributed by atoms with Gasteiger partial charge in [0.25, 0.3) is 5.69 Å². The van der Waals surface area contributed by atoms with Crippen molar-refractivity contribution in [3.8, 4) is 0 Å². The van der Waals surface area contributed by atoms with Gasteiger partial charge >= 0.3 is 12.0 Å². The standard InChI is InChI=1S/C17H12N4O5/c18-17(23)19-12-6-4-11(5-7-12)15-20-14(16(22)26-15)9-10-2-1-3-13(8-10)21(24)25/h1-9H,(H3,18,19,23)/b14-9+. The van der Waals surface area contributed by atoms with E-state index in [4.69, 9.17) is 10.5 Å². The molecule has 9 heteroatoms. The Morgan fingerprint density at radius 3 is 2.62 bits per heavy atom. The number of urea groups is 1. The Hall–Kier alpha value is -4.01. The highest BCUT2D eigenvalue weighted by molar-refractivity contribution is 6.13. The second-order valence-electron chi connectivity index (χ2n) is 5.25. The molecule has 130 valence electrons. The van der Waals surface area contributed by atoms with E-state index in [2.05, 4.69) is 10.3 Å². The molecule has 0 bridgehead atoms. The van der Waals surface area contributed by atoms with Crippen molar-refractivity contribution in [3.05, 3.63) is 75.5 Å². The Kier molecular flexibility index (Phi) is 4.44. The number of rotatable bonds is 4. The summed E-state index contributed by atoms with van der Waals surface area (Å²) < 4.78 is 5.13. The maximum Gasteiger partial charge on any atom is 0.363 e. The van der Waals surface area contributed by atoms with Crippen LogP contribution in [0.15, 0.2) is 59.2 Å². The number of hydrogen-bond acceptors (Lipinski definition) is 6. The smallest absolute Gasteiger partial charge is 0.363 e. The van der Waals surface area contributed by atoms with E-state index in [1.165, 1.54) is 24.3 Å². The third kappa shape index (κ3) is 3.73. The number of nitrogens with one attached hydrogen (secondary N) is 1. The van der Waals surface area contributed by atoms with Crippen LogP contribution in [-0.2, 0) is 9.53 Å². The molecule has 3 rings (SSSR count). The van der Waals surface area contributed by atoms with Crippen molar-refractivity contribution < 1.29 is 19.2 Å². The molecule has 0 fully saturated rings. The largest absolute Gasteiger partial charge is 0.402 e.